The average molecular weight is 241 g/mol. The lowest BCUT2D eigenvalue weighted by atomic mass is 10.1. The zero-order chi connectivity index (χ0) is 9.42. The van der Waals surface area contributed by atoms with Crippen LogP contribution in [0.3, 0.4) is 0 Å². The van der Waals surface area contributed by atoms with E-state index < -0.39 is 5.97 Å². The molecule has 2 unspecified atom stereocenters. The second kappa shape index (κ2) is 3.14. The van der Waals surface area contributed by atoms with Crippen LogP contribution in [-0.4, -0.2) is 11.1 Å². The van der Waals surface area contributed by atoms with E-state index >= 15 is 0 Å². The van der Waals surface area contributed by atoms with Gasteiger partial charge < -0.3 is 5.11 Å². The van der Waals surface area contributed by atoms with Gasteiger partial charge >= 0.3 is 5.97 Å². The molecule has 0 bridgehead atoms. The normalized spacial score (nSPS) is 25.6. The van der Waals surface area contributed by atoms with Gasteiger partial charge in [0.1, 0.15) is 0 Å². The van der Waals surface area contributed by atoms with Gasteiger partial charge in [-0.2, -0.15) is 0 Å². The van der Waals surface area contributed by atoms with Crippen LogP contribution in [0.2, 0.25) is 0 Å². The molecule has 68 valence electrons. The van der Waals surface area contributed by atoms with Crippen molar-refractivity contribution in [3.05, 3.63) is 34.3 Å². The van der Waals surface area contributed by atoms with Crippen molar-refractivity contribution < 1.29 is 9.90 Å². The second-order valence-electron chi connectivity index (χ2n) is 3.34. The molecule has 1 fully saturated rings. The van der Waals surface area contributed by atoms with E-state index in [0.29, 0.717) is 0 Å². The van der Waals surface area contributed by atoms with Gasteiger partial charge in [-0.05, 0) is 30.0 Å². The Balaban J connectivity index is 2.16. The molecule has 0 aromatic heterocycles. The summed E-state index contributed by atoms with van der Waals surface area (Å²) in [5.41, 5.74) is 1.13. The van der Waals surface area contributed by atoms with Gasteiger partial charge in [0.05, 0.1) is 5.92 Å². The van der Waals surface area contributed by atoms with E-state index in [0.717, 1.165) is 16.5 Å². The summed E-state index contributed by atoms with van der Waals surface area (Å²) >= 11 is 3.37. The van der Waals surface area contributed by atoms with Crippen LogP contribution in [0.15, 0.2) is 28.7 Å². The van der Waals surface area contributed by atoms with Crippen molar-refractivity contribution in [1.29, 1.82) is 0 Å². The molecule has 1 aliphatic rings. The van der Waals surface area contributed by atoms with E-state index in [4.69, 9.17) is 5.11 Å². The van der Waals surface area contributed by atoms with Crippen LogP contribution in [0.5, 0.6) is 0 Å². The molecule has 1 aromatic carbocycles. The van der Waals surface area contributed by atoms with Gasteiger partial charge in [0.25, 0.3) is 0 Å². The van der Waals surface area contributed by atoms with E-state index in [1.165, 1.54) is 0 Å². The molecule has 1 aromatic rings. The predicted octanol–water partition coefficient (Wildman–Crippen LogP) is 2.64. The summed E-state index contributed by atoms with van der Waals surface area (Å²) in [6.07, 6.45) is 0.784. The van der Waals surface area contributed by atoms with Gasteiger partial charge in [-0.15, -0.1) is 0 Å². The number of carboxylic acid groups (broad SMARTS) is 1. The number of aliphatic carboxylic acids is 1. The van der Waals surface area contributed by atoms with Crippen molar-refractivity contribution in [3.63, 3.8) is 0 Å². The lowest BCUT2D eigenvalue weighted by Gasteiger charge is -1.98. The summed E-state index contributed by atoms with van der Waals surface area (Å²) in [5.74, 6) is -0.603. The lowest BCUT2D eigenvalue weighted by Crippen LogP contribution is -1.98. The molecular formula is C10H9BrO2. The summed E-state index contributed by atoms with van der Waals surface area (Å²) in [7, 11) is 0. The van der Waals surface area contributed by atoms with Crippen molar-refractivity contribution in [2.45, 2.75) is 12.3 Å². The van der Waals surface area contributed by atoms with Crippen molar-refractivity contribution in [1.82, 2.24) is 0 Å². The molecule has 0 amide bonds. The fourth-order valence-corrected chi connectivity index (χ4v) is 1.99. The summed E-state index contributed by atoms with van der Waals surface area (Å²) in [6.45, 7) is 0. The topological polar surface area (TPSA) is 37.3 Å². The van der Waals surface area contributed by atoms with Crippen LogP contribution in [0, 0.1) is 5.92 Å². The Hall–Kier alpha value is -0.830. The van der Waals surface area contributed by atoms with Crippen LogP contribution in [0.4, 0.5) is 0 Å². The first-order valence-corrected chi connectivity index (χ1v) is 4.96. The second-order valence-corrected chi connectivity index (χ2v) is 4.26. The van der Waals surface area contributed by atoms with Gasteiger partial charge in [0.2, 0.25) is 0 Å². The first-order valence-electron chi connectivity index (χ1n) is 4.17. The van der Waals surface area contributed by atoms with Crippen molar-refractivity contribution in [3.8, 4) is 0 Å². The molecule has 0 saturated heterocycles. The highest BCUT2D eigenvalue weighted by Gasteiger charge is 2.44. The van der Waals surface area contributed by atoms with Gasteiger partial charge in [0.15, 0.2) is 0 Å². The predicted molar refractivity (Wildman–Crippen MR) is 52.6 cm³/mol. The van der Waals surface area contributed by atoms with E-state index in [-0.39, 0.29) is 11.8 Å². The number of carbonyl (C=O) groups is 1. The maximum atomic E-state index is 10.6. The van der Waals surface area contributed by atoms with E-state index in [1.54, 1.807) is 0 Å². The van der Waals surface area contributed by atoms with Crippen LogP contribution < -0.4 is 0 Å². The van der Waals surface area contributed by atoms with Crippen molar-refractivity contribution in [2.75, 3.05) is 0 Å². The van der Waals surface area contributed by atoms with Crippen LogP contribution in [0.25, 0.3) is 0 Å². The van der Waals surface area contributed by atoms with Crippen molar-refractivity contribution in [2.24, 2.45) is 5.92 Å². The number of carboxylic acids is 1. The van der Waals surface area contributed by atoms with Gasteiger partial charge in [-0.25, -0.2) is 0 Å². The highest BCUT2D eigenvalue weighted by Crippen LogP contribution is 2.47. The molecule has 0 radical (unpaired) electrons. The summed E-state index contributed by atoms with van der Waals surface area (Å²) in [6, 6.07) is 7.87. The van der Waals surface area contributed by atoms with Gasteiger partial charge in [-0.1, -0.05) is 28.1 Å². The molecule has 13 heavy (non-hydrogen) atoms. The third-order valence-corrected chi connectivity index (χ3v) is 2.88. The number of rotatable bonds is 2. The monoisotopic (exact) mass is 240 g/mol. The van der Waals surface area contributed by atoms with Crippen molar-refractivity contribution >= 4 is 21.9 Å². The SMILES string of the molecule is O=C(O)C1CC1c1cccc(Br)c1. The fourth-order valence-electron chi connectivity index (χ4n) is 1.57. The maximum absolute atomic E-state index is 10.6. The third-order valence-electron chi connectivity index (χ3n) is 2.38. The zero-order valence-electron chi connectivity index (χ0n) is 6.90. The third kappa shape index (κ3) is 1.75. The molecule has 2 rings (SSSR count). The molecule has 0 aliphatic heterocycles. The maximum Gasteiger partial charge on any atom is 0.307 e. The minimum Gasteiger partial charge on any atom is -0.481 e. The Kier molecular flexibility index (Phi) is 2.12. The van der Waals surface area contributed by atoms with Gasteiger partial charge in [-0.3, -0.25) is 4.79 Å². The highest BCUT2D eigenvalue weighted by atomic mass is 79.9. The molecule has 1 N–H and O–H groups in total. The highest BCUT2D eigenvalue weighted by molar-refractivity contribution is 9.10. The molecule has 1 aliphatic carbocycles. The average Bonchev–Trinajstić information content (AvgIpc) is 2.82. The van der Waals surface area contributed by atoms with E-state index in [9.17, 15) is 4.79 Å². The molecule has 0 heterocycles. The Morgan fingerprint density at radius 3 is 2.85 bits per heavy atom. The lowest BCUT2D eigenvalue weighted by molar-refractivity contribution is -0.138. The summed E-state index contributed by atoms with van der Waals surface area (Å²) < 4.78 is 1.01. The van der Waals surface area contributed by atoms with Crippen LogP contribution in [0.1, 0.15) is 17.9 Å². The zero-order valence-corrected chi connectivity index (χ0v) is 8.49. The van der Waals surface area contributed by atoms with Gasteiger partial charge in [0, 0.05) is 4.47 Å². The number of hydrogen-bond donors (Lipinski definition) is 1. The first kappa shape index (κ1) is 8.75. The minimum atomic E-state index is -0.676. The first-order chi connectivity index (χ1) is 6.18. The minimum absolute atomic E-state index is 0.158. The Bertz CT molecular complexity index is 349. The molecular weight excluding hydrogens is 232 g/mol. The van der Waals surface area contributed by atoms with Crippen LogP contribution in [-0.2, 0) is 4.79 Å². The number of hydrogen-bond acceptors (Lipinski definition) is 1. The standard InChI is InChI=1S/C10H9BrO2/c11-7-3-1-2-6(4-7)8-5-9(8)10(12)13/h1-4,8-9H,5H2,(H,12,13). The van der Waals surface area contributed by atoms with Crippen LogP contribution >= 0.6 is 15.9 Å². The number of halogens is 1. The van der Waals surface area contributed by atoms with E-state index in [2.05, 4.69) is 15.9 Å². The molecule has 2 nitrogen and oxygen atoms in total. The quantitative estimate of drug-likeness (QED) is 0.864. The Morgan fingerprint density at radius 2 is 2.31 bits per heavy atom. The molecule has 0 spiro atoms. The Labute approximate surface area is 84.7 Å². The molecule has 3 heteroatoms. The smallest absolute Gasteiger partial charge is 0.307 e. The summed E-state index contributed by atoms with van der Waals surface area (Å²) in [4.78, 5) is 10.6. The Morgan fingerprint density at radius 1 is 1.54 bits per heavy atom. The summed E-state index contributed by atoms with van der Waals surface area (Å²) in [5, 5.41) is 8.74. The largest absolute Gasteiger partial charge is 0.481 e. The number of benzene rings is 1. The van der Waals surface area contributed by atoms with E-state index in [1.807, 2.05) is 24.3 Å². The fraction of sp³-hybridized carbons (Fsp3) is 0.300. The molecule has 2 atom stereocenters. The molecule has 1 saturated carbocycles.